The van der Waals surface area contributed by atoms with E-state index >= 15 is 0 Å². The van der Waals surface area contributed by atoms with Gasteiger partial charge in [-0.15, -0.1) is 0 Å². The number of hydrogen-bond acceptors (Lipinski definition) is 5. The van der Waals surface area contributed by atoms with Crippen molar-refractivity contribution in [3.05, 3.63) is 60.8 Å². The molecule has 3 N–H and O–H groups in total. The maximum absolute atomic E-state index is 13.2. The van der Waals surface area contributed by atoms with Crippen molar-refractivity contribution in [2.24, 2.45) is 0 Å². The Morgan fingerprint density at radius 3 is 1.30 bits per heavy atom. The quantitative estimate of drug-likeness (QED) is 0.0322. The molecule has 0 spiro atoms. The first-order valence-electron chi connectivity index (χ1n) is 26.0. The molecule has 0 aromatic rings. The van der Waals surface area contributed by atoms with Gasteiger partial charge in [0.1, 0.15) is 6.10 Å². The summed E-state index contributed by atoms with van der Waals surface area (Å²) in [7, 11) is 0. The van der Waals surface area contributed by atoms with Gasteiger partial charge in [-0.05, 0) is 83.5 Å². The van der Waals surface area contributed by atoms with E-state index in [0.29, 0.717) is 19.3 Å². The van der Waals surface area contributed by atoms with Gasteiger partial charge in [0.2, 0.25) is 5.91 Å². The molecule has 0 aromatic heterocycles. The number of carbonyl (C=O) groups excluding carboxylic acids is 2. The van der Waals surface area contributed by atoms with Gasteiger partial charge in [-0.25, -0.2) is 0 Å². The van der Waals surface area contributed by atoms with Gasteiger partial charge < -0.3 is 20.3 Å². The highest BCUT2D eigenvalue weighted by molar-refractivity contribution is 5.77. The highest BCUT2D eigenvalue weighted by atomic mass is 16.5. The zero-order chi connectivity index (χ0) is 44.5. The van der Waals surface area contributed by atoms with Crippen LogP contribution >= 0.6 is 0 Å². The summed E-state index contributed by atoms with van der Waals surface area (Å²) in [6.45, 7) is 6.43. The Balaban J connectivity index is 4.71. The largest absolute Gasteiger partial charge is 0.462 e. The second-order valence-electron chi connectivity index (χ2n) is 17.6. The van der Waals surface area contributed by atoms with E-state index in [4.69, 9.17) is 4.74 Å². The molecular weight excluding hydrogens is 755 g/mol. The summed E-state index contributed by atoms with van der Waals surface area (Å²) in [5, 5.41) is 23.7. The molecule has 0 radical (unpaired) electrons. The SMILES string of the molecule is CCCCC/C=C\C/C=C\C/C=C\CCCCCCC(CC(=O)NC(CO)C(O)CCCCCCCCCCCCCC)OC(=O)CC/C=C/C/C=C\CCCCCCCC. The van der Waals surface area contributed by atoms with Crippen LogP contribution in [0.4, 0.5) is 0 Å². The van der Waals surface area contributed by atoms with E-state index in [-0.39, 0.29) is 31.3 Å². The third kappa shape index (κ3) is 44.0. The smallest absolute Gasteiger partial charge is 0.306 e. The first kappa shape index (κ1) is 58.6. The van der Waals surface area contributed by atoms with Gasteiger partial charge >= 0.3 is 5.97 Å². The van der Waals surface area contributed by atoms with E-state index < -0.39 is 18.2 Å². The van der Waals surface area contributed by atoms with Crippen LogP contribution in [0.3, 0.4) is 0 Å². The van der Waals surface area contributed by atoms with Gasteiger partial charge in [-0.2, -0.15) is 0 Å². The van der Waals surface area contributed by atoms with Crippen LogP contribution in [0.2, 0.25) is 0 Å². The first-order valence-corrected chi connectivity index (χ1v) is 26.0. The fraction of sp³-hybridized carbons (Fsp3) is 0.782. The normalized spacial score (nSPS) is 13.7. The van der Waals surface area contributed by atoms with Gasteiger partial charge in [0, 0.05) is 6.42 Å². The molecule has 1 amide bonds. The number of hydrogen-bond donors (Lipinski definition) is 3. The summed E-state index contributed by atoms with van der Waals surface area (Å²) in [6.07, 6.45) is 60.0. The highest BCUT2D eigenvalue weighted by Crippen LogP contribution is 2.17. The van der Waals surface area contributed by atoms with Crippen molar-refractivity contribution in [2.45, 2.75) is 270 Å². The number of carbonyl (C=O) groups is 2. The van der Waals surface area contributed by atoms with Crippen LogP contribution in [0.5, 0.6) is 0 Å². The van der Waals surface area contributed by atoms with Gasteiger partial charge in [0.05, 0.1) is 25.2 Å². The first-order chi connectivity index (χ1) is 30.0. The predicted molar refractivity (Wildman–Crippen MR) is 264 cm³/mol. The third-order valence-electron chi connectivity index (χ3n) is 11.6. The average Bonchev–Trinajstić information content (AvgIpc) is 3.25. The Hall–Kier alpha value is -2.44. The van der Waals surface area contributed by atoms with Crippen molar-refractivity contribution in [3.8, 4) is 0 Å². The number of ether oxygens (including phenoxy) is 1. The predicted octanol–water partition coefficient (Wildman–Crippen LogP) is 15.6. The molecule has 0 fully saturated rings. The van der Waals surface area contributed by atoms with E-state index in [1.807, 2.05) is 6.08 Å². The number of nitrogens with one attached hydrogen (secondary N) is 1. The number of amides is 1. The summed E-state index contributed by atoms with van der Waals surface area (Å²) in [5.74, 6) is -0.575. The van der Waals surface area contributed by atoms with E-state index in [0.717, 1.165) is 77.0 Å². The Morgan fingerprint density at radius 1 is 0.475 bits per heavy atom. The van der Waals surface area contributed by atoms with Crippen LogP contribution in [0.1, 0.15) is 252 Å². The molecule has 0 aromatic carbocycles. The van der Waals surface area contributed by atoms with Gasteiger partial charge in [0.25, 0.3) is 0 Å². The van der Waals surface area contributed by atoms with Crippen molar-refractivity contribution in [2.75, 3.05) is 6.61 Å². The van der Waals surface area contributed by atoms with E-state index in [1.165, 1.54) is 122 Å². The van der Waals surface area contributed by atoms with Crippen molar-refractivity contribution in [1.82, 2.24) is 5.32 Å². The molecule has 354 valence electrons. The topological polar surface area (TPSA) is 95.9 Å². The minimum atomic E-state index is -0.803. The zero-order valence-electron chi connectivity index (χ0n) is 40.3. The maximum Gasteiger partial charge on any atom is 0.306 e. The van der Waals surface area contributed by atoms with Crippen LogP contribution < -0.4 is 5.32 Å². The molecule has 0 heterocycles. The lowest BCUT2D eigenvalue weighted by atomic mass is 10.0. The molecule has 0 saturated carbocycles. The molecule has 6 nitrogen and oxygen atoms in total. The van der Waals surface area contributed by atoms with Crippen molar-refractivity contribution in [3.63, 3.8) is 0 Å². The van der Waals surface area contributed by atoms with Crippen LogP contribution in [0.15, 0.2) is 60.8 Å². The summed E-state index contributed by atoms with van der Waals surface area (Å²) < 4.78 is 5.89. The van der Waals surface area contributed by atoms with Gasteiger partial charge in [-0.3, -0.25) is 9.59 Å². The van der Waals surface area contributed by atoms with Gasteiger partial charge in [0.15, 0.2) is 0 Å². The summed E-state index contributed by atoms with van der Waals surface area (Å²) in [5.41, 5.74) is 0. The number of aliphatic hydroxyl groups is 2. The van der Waals surface area contributed by atoms with E-state index in [1.54, 1.807) is 0 Å². The molecule has 0 rings (SSSR count). The monoisotopic (exact) mass is 854 g/mol. The summed E-state index contributed by atoms with van der Waals surface area (Å²) in [6, 6.07) is -0.720. The minimum absolute atomic E-state index is 0.0394. The Labute approximate surface area is 378 Å². The molecule has 3 unspecified atom stereocenters. The number of esters is 1. The fourth-order valence-corrected chi connectivity index (χ4v) is 7.61. The molecule has 0 saturated heterocycles. The van der Waals surface area contributed by atoms with Crippen molar-refractivity contribution < 1.29 is 24.5 Å². The number of rotatable bonds is 46. The highest BCUT2D eigenvalue weighted by Gasteiger charge is 2.24. The van der Waals surface area contributed by atoms with E-state index in [9.17, 15) is 19.8 Å². The molecule has 0 aliphatic heterocycles. The van der Waals surface area contributed by atoms with Crippen LogP contribution in [0, 0.1) is 0 Å². The number of allylic oxidation sites excluding steroid dienone is 10. The number of unbranched alkanes of at least 4 members (excludes halogenated alkanes) is 24. The van der Waals surface area contributed by atoms with Crippen LogP contribution in [-0.4, -0.2) is 46.9 Å². The van der Waals surface area contributed by atoms with Crippen LogP contribution in [0.25, 0.3) is 0 Å². The summed E-state index contributed by atoms with van der Waals surface area (Å²) in [4.78, 5) is 26.1. The molecular formula is C55H99NO5. The molecule has 0 aliphatic carbocycles. The fourth-order valence-electron chi connectivity index (χ4n) is 7.61. The molecule has 6 heteroatoms. The second kappa shape index (κ2) is 48.6. The third-order valence-corrected chi connectivity index (χ3v) is 11.6. The lowest BCUT2D eigenvalue weighted by Gasteiger charge is -2.24. The van der Waals surface area contributed by atoms with Crippen molar-refractivity contribution >= 4 is 11.9 Å². The Bertz CT molecular complexity index is 1090. The zero-order valence-corrected chi connectivity index (χ0v) is 40.3. The molecule has 0 aliphatic rings. The molecule has 3 atom stereocenters. The molecule has 0 bridgehead atoms. The molecule has 61 heavy (non-hydrogen) atoms. The Kier molecular flexibility index (Phi) is 46.6. The number of aliphatic hydroxyl groups excluding tert-OH is 2. The van der Waals surface area contributed by atoms with Crippen LogP contribution in [-0.2, 0) is 14.3 Å². The lowest BCUT2D eigenvalue weighted by molar-refractivity contribution is -0.150. The Morgan fingerprint density at radius 2 is 0.836 bits per heavy atom. The second-order valence-corrected chi connectivity index (χ2v) is 17.6. The minimum Gasteiger partial charge on any atom is -0.462 e. The lowest BCUT2D eigenvalue weighted by Crippen LogP contribution is -2.46. The van der Waals surface area contributed by atoms with Gasteiger partial charge in [-0.1, -0.05) is 216 Å². The average molecular weight is 854 g/mol. The maximum atomic E-state index is 13.2. The summed E-state index contributed by atoms with van der Waals surface area (Å²) >= 11 is 0. The standard InChI is InChI=1S/C55H99NO5/c1-4-7-10-13-16-19-22-25-26-27-28-30-31-34-37-40-43-46-51(61-55(60)48-45-42-39-36-33-29-23-20-17-14-11-8-5-2)49-54(59)56-52(50-57)53(58)47-44-41-38-35-32-24-21-18-15-12-9-6-3/h16,19,25-26,28-30,33,39,42,51-53,57-58H,4-15,17-18,20-24,27,31-32,34-38,40-41,43-50H2,1-3H3,(H,56,59)/b19-16-,26-25-,30-28-,33-29-,42-39+. The van der Waals surface area contributed by atoms with E-state index in [2.05, 4.69) is 80.8 Å². The van der Waals surface area contributed by atoms with Crippen molar-refractivity contribution in [1.29, 1.82) is 0 Å².